The van der Waals surface area contributed by atoms with Gasteiger partial charge < -0.3 is 10.6 Å². The van der Waals surface area contributed by atoms with E-state index in [4.69, 9.17) is 0 Å². The number of halogens is 5. The highest BCUT2D eigenvalue weighted by molar-refractivity contribution is 5.65. The molecule has 1 heterocycles. The van der Waals surface area contributed by atoms with Crippen molar-refractivity contribution in [1.29, 1.82) is 5.26 Å². The van der Waals surface area contributed by atoms with Gasteiger partial charge >= 0.3 is 6.18 Å². The molecule has 2 unspecified atom stereocenters. The molecule has 1 aliphatic rings. The summed E-state index contributed by atoms with van der Waals surface area (Å²) in [5.74, 6) is -3.00. The van der Waals surface area contributed by atoms with E-state index in [1.165, 1.54) is 25.3 Å². The number of aryl methyl sites for hydroxylation is 1. The predicted molar refractivity (Wildman–Crippen MR) is 206 cm³/mol. The van der Waals surface area contributed by atoms with Crippen molar-refractivity contribution >= 4 is 5.70 Å². The molecule has 3 nitrogen and oxygen atoms in total. The van der Waals surface area contributed by atoms with Crippen molar-refractivity contribution in [3.63, 3.8) is 0 Å². The van der Waals surface area contributed by atoms with Crippen molar-refractivity contribution < 1.29 is 22.0 Å². The zero-order valence-electron chi connectivity index (χ0n) is 30.9. The molecule has 0 saturated carbocycles. The predicted octanol–water partition coefficient (Wildman–Crippen LogP) is 12.0. The molecule has 0 amide bonds. The van der Waals surface area contributed by atoms with Crippen molar-refractivity contribution in [2.24, 2.45) is 17.1 Å². The van der Waals surface area contributed by atoms with E-state index in [1.54, 1.807) is 6.92 Å². The number of rotatable bonds is 12. The minimum atomic E-state index is -4.25. The largest absolute Gasteiger partial charge is 0.405 e. The van der Waals surface area contributed by atoms with Gasteiger partial charge in [0.2, 0.25) is 0 Å². The normalized spacial score (nSPS) is 15.3. The number of alkyl halides is 5. The van der Waals surface area contributed by atoms with Gasteiger partial charge in [0.25, 0.3) is 5.92 Å². The lowest BCUT2D eigenvalue weighted by Crippen LogP contribution is -2.35. The summed E-state index contributed by atoms with van der Waals surface area (Å²) in [7, 11) is 0. The third kappa shape index (κ3) is 10.4. The zero-order chi connectivity index (χ0) is 38.8. The molecule has 53 heavy (non-hydrogen) atoms. The number of nitrogens with two attached hydrogens (primary N) is 1. The van der Waals surface area contributed by atoms with E-state index in [1.807, 2.05) is 66.7 Å². The van der Waals surface area contributed by atoms with E-state index in [9.17, 15) is 27.2 Å². The van der Waals surface area contributed by atoms with Crippen LogP contribution < -0.4 is 5.73 Å². The average molecular weight is 728 g/mol. The molecule has 0 spiro atoms. The minimum absolute atomic E-state index is 0.0165. The van der Waals surface area contributed by atoms with E-state index in [-0.39, 0.29) is 35.8 Å². The standard InChI is InChI=1S/C43H45F5N2.C2H5N/c1-5-41(3,43(46,47)48)23-20-31-14-16-34(17-15-31)36-13-9-10-32(26-36)27-39(37-18-19-38(29-49)40(28-37)42(4,44)45)35-21-24-50(25-22-35)30(2)33-11-7-6-8-12-33;1-2-3/h6-19,26,28,35,39H,2,5,20-25,27H2,1,3-4H3;2H,1,3H2. The molecule has 0 aromatic heterocycles. The lowest BCUT2D eigenvalue weighted by Gasteiger charge is -2.38. The fourth-order valence-corrected chi connectivity index (χ4v) is 7.13. The molecule has 1 fully saturated rings. The Hall–Kier alpha value is -4.90. The van der Waals surface area contributed by atoms with Crippen LogP contribution in [-0.4, -0.2) is 24.2 Å². The quantitative estimate of drug-likeness (QED) is 0.148. The van der Waals surface area contributed by atoms with Crippen LogP contribution >= 0.6 is 0 Å². The van der Waals surface area contributed by atoms with E-state index < -0.39 is 17.5 Å². The van der Waals surface area contributed by atoms with Crippen LogP contribution in [0.25, 0.3) is 16.8 Å². The molecule has 1 aliphatic heterocycles. The van der Waals surface area contributed by atoms with Crippen molar-refractivity contribution in [3.8, 4) is 17.2 Å². The molecule has 8 heteroatoms. The maximum Gasteiger partial charge on any atom is 0.394 e. The van der Waals surface area contributed by atoms with Gasteiger partial charge in [-0.2, -0.15) is 18.4 Å². The maximum atomic E-state index is 14.7. The Labute approximate surface area is 311 Å². The fourth-order valence-electron chi connectivity index (χ4n) is 7.13. The second kappa shape index (κ2) is 17.7. The first-order valence-corrected chi connectivity index (χ1v) is 18.1. The molecule has 2 N–H and O–H groups in total. The van der Waals surface area contributed by atoms with E-state index in [0.29, 0.717) is 12.8 Å². The molecule has 5 rings (SSSR count). The maximum absolute atomic E-state index is 14.7. The molecular weight excluding hydrogens is 678 g/mol. The van der Waals surface area contributed by atoms with Crippen molar-refractivity contribution in [2.45, 2.75) is 77.3 Å². The SMILES string of the molecule is C=C(c1ccccc1)N1CCC(C(Cc2cccc(-c3ccc(CCC(C)(CC)C(F)(F)F)cc3)c2)c2ccc(C#N)c(C(C)(F)F)c2)CC1.C=CN. The average Bonchev–Trinajstić information content (AvgIpc) is 3.15. The Morgan fingerprint density at radius 1 is 0.887 bits per heavy atom. The van der Waals surface area contributed by atoms with Crippen LogP contribution in [0.2, 0.25) is 0 Å². The van der Waals surface area contributed by atoms with Crippen LogP contribution in [0.1, 0.15) is 85.8 Å². The lowest BCUT2D eigenvalue weighted by molar-refractivity contribution is -0.221. The van der Waals surface area contributed by atoms with Crippen LogP contribution in [0.4, 0.5) is 22.0 Å². The molecule has 4 aromatic carbocycles. The summed E-state index contributed by atoms with van der Waals surface area (Å²) in [5.41, 5.74) is 9.35. The second-order valence-electron chi connectivity index (χ2n) is 14.3. The number of likely N-dealkylation sites (tertiary alicyclic amines) is 1. The van der Waals surface area contributed by atoms with Crippen LogP contribution in [-0.2, 0) is 18.8 Å². The first kappa shape index (κ1) is 40.9. The van der Waals surface area contributed by atoms with Crippen molar-refractivity contribution in [1.82, 2.24) is 4.90 Å². The fraction of sp³-hybridized carbons (Fsp3) is 0.356. The molecule has 2 atom stereocenters. The van der Waals surface area contributed by atoms with Crippen LogP contribution in [0.3, 0.4) is 0 Å². The number of nitrogens with zero attached hydrogens (tertiary/aromatic N) is 2. The summed E-state index contributed by atoms with van der Waals surface area (Å²) in [6, 6.07) is 32.8. The monoisotopic (exact) mass is 727 g/mol. The highest BCUT2D eigenvalue weighted by Crippen LogP contribution is 2.44. The Kier molecular flexibility index (Phi) is 13.7. The van der Waals surface area contributed by atoms with Gasteiger partial charge in [0.15, 0.2) is 0 Å². The van der Waals surface area contributed by atoms with Gasteiger partial charge in [0, 0.05) is 31.3 Å². The van der Waals surface area contributed by atoms with Gasteiger partial charge in [-0.05, 0) is 102 Å². The minimum Gasteiger partial charge on any atom is -0.405 e. The first-order valence-electron chi connectivity index (χ1n) is 18.1. The topological polar surface area (TPSA) is 53.0 Å². The smallest absolute Gasteiger partial charge is 0.394 e. The summed E-state index contributed by atoms with van der Waals surface area (Å²) in [6.07, 6.45) is -0.234. The van der Waals surface area contributed by atoms with Gasteiger partial charge in [-0.1, -0.05) is 112 Å². The number of nitriles is 1. The van der Waals surface area contributed by atoms with Gasteiger partial charge in [-0.15, -0.1) is 0 Å². The zero-order valence-corrected chi connectivity index (χ0v) is 30.9. The van der Waals surface area contributed by atoms with E-state index >= 15 is 0 Å². The number of benzene rings is 4. The number of piperidine rings is 1. The number of hydrogen-bond donors (Lipinski definition) is 1. The van der Waals surface area contributed by atoms with Gasteiger partial charge in [0.05, 0.1) is 17.0 Å². The van der Waals surface area contributed by atoms with Gasteiger partial charge in [0.1, 0.15) is 0 Å². The summed E-state index contributed by atoms with van der Waals surface area (Å²) in [5, 5.41) is 9.59. The van der Waals surface area contributed by atoms with Crippen LogP contribution in [0.15, 0.2) is 116 Å². The molecular formula is C45H50F5N3. The molecule has 4 aromatic rings. The summed E-state index contributed by atoms with van der Waals surface area (Å²) >= 11 is 0. The van der Waals surface area contributed by atoms with Crippen LogP contribution in [0.5, 0.6) is 0 Å². The Morgan fingerprint density at radius 2 is 1.53 bits per heavy atom. The molecule has 0 radical (unpaired) electrons. The summed E-state index contributed by atoms with van der Waals surface area (Å²) in [6.45, 7) is 12.8. The second-order valence-corrected chi connectivity index (χ2v) is 14.3. The van der Waals surface area contributed by atoms with E-state index in [2.05, 4.69) is 48.1 Å². The highest BCUT2D eigenvalue weighted by atomic mass is 19.4. The highest BCUT2D eigenvalue weighted by Gasteiger charge is 2.48. The molecule has 0 aliphatic carbocycles. The Morgan fingerprint density at radius 3 is 2.09 bits per heavy atom. The van der Waals surface area contributed by atoms with Crippen LogP contribution in [0, 0.1) is 22.7 Å². The van der Waals surface area contributed by atoms with Crippen molar-refractivity contribution in [2.75, 3.05) is 13.1 Å². The molecule has 0 bridgehead atoms. The third-order valence-corrected chi connectivity index (χ3v) is 10.8. The van der Waals surface area contributed by atoms with Crippen molar-refractivity contribution in [3.05, 3.63) is 150 Å². The summed E-state index contributed by atoms with van der Waals surface area (Å²) < 4.78 is 70.3. The lowest BCUT2D eigenvalue weighted by atomic mass is 9.75. The Balaban J connectivity index is 0.00000202. The van der Waals surface area contributed by atoms with Gasteiger partial charge in [-0.3, -0.25) is 0 Å². The van der Waals surface area contributed by atoms with E-state index in [0.717, 1.165) is 71.9 Å². The third-order valence-electron chi connectivity index (χ3n) is 10.8. The summed E-state index contributed by atoms with van der Waals surface area (Å²) in [4.78, 5) is 2.30. The number of hydrogen-bond acceptors (Lipinski definition) is 3. The first-order chi connectivity index (χ1) is 25.1. The van der Waals surface area contributed by atoms with Gasteiger partial charge in [-0.25, -0.2) is 8.78 Å². The Bertz CT molecular complexity index is 1850. The molecule has 280 valence electrons. The molecule has 1 saturated heterocycles.